The van der Waals surface area contributed by atoms with E-state index in [0.717, 1.165) is 11.2 Å². The number of aromatic nitrogens is 3. The minimum atomic E-state index is -0.198. The SMILES string of the molecule is CC(C)COc1cccc(C(=O)Nc2ccc3nn(-c4ccc(C(C)C)cc4)nc3c2)c1. The second-order valence-corrected chi connectivity index (χ2v) is 8.63. The van der Waals surface area contributed by atoms with Gasteiger partial charge in [0.1, 0.15) is 16.8 Å². The van der Waals surface area contributed by atoms with Gasteiger partial charge in [-0.05, 0) is 65.9 Å². The van der Waals surface area contributed by atoms with Crippen molar-refractivity contribution in [2.45, 2.75) is 33.6 Å². The molecule has 0 aliphatic rings. The zero-order chi connectivity index (χ0) is 22.7. The van der Waals surface area contributed by atoms with Gasteiger partial charge in [-0.1, -0.05) is 45.9 Å². The average Bonchev–Trinajstić information content (AvgIpc) is 3.21. The standard InChI is InChI=1S/C26H28N4O2/c1-17(2)16-32-23-7-5-6-20(14-23)26(31)27-21-10-13-24-25(15-21)29-30(28-24)22-11-8-19(9-12-22)18(3)4/h5-15,17-18H,16H2,1-4H3,(H,27,31). The first-order chi connectivity index (χ1) is 15.4. The normalized spacial score (nSPS) is 11.3. The molecule has 164 valence electrons. The summed E-state index contributed by atoms with van der Waals surface area (Å²) in [5.74, 6) is 1.38. The molecule has 0 saturated heterocycles. The molecule has 32 heavy (non-hydrogen) atoms. The lowest BCUT2D eigenvalue weighted by Crippen LogP contribution is -2.12. The van der Waals surface area contributed by atoms with E-state index in [1.807, 2.05) is 42.5 Å². The topological polar surface area (TPSA) is 69.0 Å². The Hall–Kier alpha value is -3.67. The Balaban J connectivity index is 1.50. The Bertz CT molecular complexity index is 1230. The quantitative estimate of drug-likeness (QED) is 0.402. The summed E-state index contributed by atoms with van der Waals surface area (Å²) in [7, 11) is 0. The van der Waals surface area contributed by atoms with Crippen LogP contribution >= 0.6 is 0 Å². The average molecular weight is 429 g/mol. The molecule has 0 unspecified atom stereocenters. The summed E-state index contributed by atoms with van der Waals surface area (Å²) in [6.07, 6.45) is 0. The zero-order valence-electron chi connectivity index (χ0n) is 18.9. The first kappa shape index (κ1) is 21.6. The Morgan fingerprint density at radius 3 is 2.41 bits per heavy atom. The molecule has 1 N–H and O–H groups in total. The van der Waals surface area contributed by atoms with Gasteiger partial charge in [0.2, 0.25) is 0 Å². The highest BCUT2D eigenvalue weighted by Gasteiger charge is 2.11. The van der Waals surface area contributed by atoms with E-state index in [2.05, 4.69) is 55.3 Å². The third-order valence-corrected chi connectivity index (χ3v) is 5.11. The lowest BCUT2D eigenvalue weighted by Gasteiger charge is -2.10. The number of fused-ring (bicyclic) bond motifs is 1. The summed E-state index contributed by atoms with van der Waals surface area (Å²) in [4.78, 5) is 14.4. The number of ether oxygens (including phenoxy) is 1. The van der Waals surface area contributed by atoms with Gasteiger partial charge in [-0.15, -0.1) is 10.2 Å². The van der Waals surface area contributed by atoms with Crippen LogP contribution in [0.2, 0.25) is 0 Å². The third kappa shape index (κ3) is 4.97. The molecule has 4 aromatic rings. The molecule has 1 heterocycles. The molecule has 0 fully saturated rings. The molecule has 0 saturated carbocycles. The van der Waals surface area contributed by atoms with Crippen LogP contribution in [0.3, 0.4) is 0 Å². The zero-order valence-corrected chi connectivity index (χ0v) is 18.9. The maximum Gasteiger partial charge on any atom is 0.255 e. The molecule has 0 aliphatic heterocycles. The maximum absolute atomic E-state index is 12.7. The molecule has 4 rings (SSSR count). The molecular formula is C26H28N4O2. The summed E-state index contributed by atoms with van der Waals surface area (Å²) in [5, 5.41) is 12.1. The minimum absolute atomic E-state index is 0.198. The van der Waals surface area contributed by atoms with Crippen LogP contribution in [0.1, 0.15) is 49.5 Å². The number of carbonyl (C=O) groups excluding carboxylic acids is 1. The van der Waals surface area contributed by atoms with E-state index in [-0.39, 0.29) is 5.91 Å². The van der Waals surface area contributed by atoms with Gasteiger partial charge in [0.25, 0.3) is 5.91 Å². The van der Waals surface area contributed by atoms with Crippen molar-refractivity contribution in [3.8, 4) is 11.4 Å². The van der Waals surface area contributed by atoms with Gasteiger partial charge in [0.15, 0.2) is 0 Å². The predicted octanol–water partition coefficient (Wildman–Crippen LogP) is 5.83. The summed E-state index contributed by atoms with van der Waals surface area (Å²) in [6, 6.07) is 21.0. The van der Waals surface area contributed by atoms with E-state index in [9.17, 15) is 4.79 Å². The number of nitrogens with zero attached hydrogens (tertiary/aromatic N) is 3. The number of benzene rings is 3. The number of rotatable bonds is 7. The summed E-state index contributed by atoms with van der Waals surface area (Å²) in [5.41, 5.74) is 4.85. The monoisotopic (exact) mass is 428 g/mol. The van der Waals surface area contributed by atoms with E-state index in [1.54, 1.807) is 16.9 Å². The fraction of sp³-hybridized carbons (Fsp3) is 0.269. The Morgan fingerprint density at radius 2 is 1.69 bits per heavy atom. The van der Waals surface area contributed by atoms with E-state index in [0.29, 0.717) is 41.0 Å². The second-order valence-electron chi connectivity index (χ2n) is 8.63. The molecule has 0 aliphatic carbocycles. The Morgan fingerprint density at radius 1 is 0.938 bits per heavy atom. The first-order valence-corrected chi connectivity index (χ1v) is 10.9. The first-order valence-electron chi connectivity index (χ1n) is 10.9. The predicted molar refractivity (Wildman–Crippen MR) is 128 cm³/mol. The molecule has 0 spiro atoms. The molecule has 3 aromatic carbocycles. The van der Waals surface area contributed by atoms with Gasteiger partial charge >= 0.3 is 0 Å². The molecule has 6 nitrogen and oxygen atoms in total. The number of nitrogens with one attached hydrogen (secondary N) is 1. The number of amides is 1. The Labute approximate surface area is 188 Å². The maximum atomic E-state index is 12.7. The highest BCUT2D eigenvalue weighted by atomic mass is 16.5. The fourth-order valence-electron chi connectivity index (χ4n) is 3.29. The van der Waals surface area contributed by atoms with Crippen molar-refractivity contribution >= 4 is 22.6 Å². The summed E-state index contributed by atoms with van der Waals surface area (Å²) in [6.45, 7) is 9.12. The van der Waals surface area contributed by atoms with Crippen LogP contribution < -0.4 is 10.1 Å². The van der Waals surface area contributed by atoms with Gasteiger partial charge in [-0.2, -0.15) is 4.80 Å². The van der Waals surface area contributed by atoms with Crippen LogP contribution in [0.4, 0.5) is 5.69 Å². The van der Waals surface area contributed by atoms with E-state index < -0.39 is 0 Å². The number of anilines is 1. The van der Waals surface area contributed by atoms with Crippen molar-refractivity contribution in [3.63, 3.8) is 0 Å². The van der Waals surface area contributed by atoms with Crippen molar-refractivity contribution in [3.05, 3.63) is 77.9 Å². The molecule has 0 atom stereocenters. The van der Waals surface area contributed by atoms with Crippen LogP contribution in [0, 0.1) is 5.92 Å². The van der Waals surface area contributed by atoms with Crippen LogP contribution in [-0.4, -0.2) is 27.5 Å². The van der Waals surface area contributed by atoms with Gasteiger partial charge in [0, 0.05) is 11.3 Å². The van der Waals surface area contributed by atoms with Gasteiger partial charge in [-0.25, -0.2) is 0 Å². The smallest absolute Gasteiger partial charge is 0.255 e. The van der Waals surface area contributed by atoms with Crippen molar-refractivity contribution in [2.24, 2.45) is 5.92 Å². The van der Waals surface area contributed by atoms with Crippen molar-refractivity contribution in [1.82, 2.24) is 15.0 Å². The molecule has 6 heteroatoms. The van der Waals surface area contributed by atoms with Crippen molar-refractivity contribution in [1.29, 1.82) is 0 Å². The lowest BCUT2D eigenvalue weighted by molar-refractivity contribution is 0.102. The highest BCUT2D eigenvalue weighted by molar-refractivity contribution is 6.05. The highest BCUT2D eigenvalue weighted by Crippen LogP contribution is 2.21. The molecule has 1 amide bonds. The van der Waals surface area contributed by atoms with Crippen molar-refractivity contribution in [2.75, 3.05) is 11.9 Å². The van der Waals surface area contributed by atoms with Crippen LogP contribution in [0.15, 0.2) is 66.7 Å². The van der Waals surface area contributed by atoms with Crippen LogP contribution in [-0.2, 0) is 0 Å². The third-order valence-electron chi connectivity index (χ3n) is 5.11. The minimum Gasteiger partial charge on any atom is -0.493 e. The van der Waals surface area contributed by atoms with E-state index in [1.165, 1.54) is 5.56 Å². The Kier molecular flexibility index (Phi) is 6.21. The molecular weight excluding hydrogens is 400 g/mol. The van der Waals surface area contributed by atoms with Crippen molar-refractivity contribution < 1.29 is 9.53 Å². The van der Waals surface area contributed by atoms with E-state index in [4.69, 9.17) is 4.74 Å². The number of hydrogen-bond donors (Lipinski definition) is 1. The van der Waals surface area contributed by atoms with Crippen LogP contribution in [0.25, 0.3) is 16.7 Å². The van der Waals surface area contributed by atoms with E-state index >= 15 is 0 Å². The summed E-state index contributed by atoms with van der Waals surface area (Å²) >= 11 is 0. The summed E-state index contributed by atoms with van der Waals surface area (Å²) < 4.78 is 5.73. The van der Waals surface area contributed by atoms with Gasteiger partial charge in [-0.3, -0.25) is 4.79 Å². The fourth-order valence-corrected chi connectivity index (χ4v) is 3.29. The largest absolute Gasteiger partial charge is 0.493 e. The van der Waals surface area contributed by atoms with Gasteiger partial charge < -0.3 is 10.1 Å². The number of hydrogen-bond acceptors (Lipinski definition) is 4. The van der Waals surface area contributed by atoms with Gasteiger partial charge in [0.05, 0.1) is 12.3 Å². The lowest BCUT2D eigenvalue weighted by atomic mass is 10.0. The molecule has 0 radical (unpaired) electrons. The number of carbonyl (C=O) groups is 1. The molecule has 1 aromatic heterocycles. The van der Waals surface area contributed by atoms with Crippen LogP contribution in [0.5, 0.6) is 5.75 Å². The second kappa shape index (κ2) is 9.22. The molecule has 0 bridgehead atoms.